The van der Waals surface area contributed by atoms with Gasteiger partial charge in [0, 0.05) is 52.9 Å². The van der Waals surface area contributed by atoms with Crippen molar-refractivity contribution in [1.82, 2.24) is 30.1 Å². The van der Waals surface area contributed by atoms with Gasteiger partial charge in [-0.05, 0) is 200 Å². The molecule has 1 aromatic rings. The topological polar surface area (TPSA) is 173 Å². The molecule has 15 heteroatoms. The van der Waals surface area contributed by atoms with Crippen LogP contribution < -0.4 is 16.0 Å². The van der Waals surface area contributed by atoms with Crippen LogP contribution in [0, 0.1) is 17.8 Å². The molecule has 3 saturated heterocycles. The Balaban J connectivity index is 1.31. The summed E-state index contributed by atoms with van der Waals surface area (Å²) in [6.45, 7) is 41.1. The molecular formula is C54H105N9O6. The molecule has 15 nitrogen and oxygen atoms in total. The van der Waals surface area contributed by atoms with Gasteiger partial charge in [-0.15, -0.1) is 0 Å². The van der Waals surface area contributed by atoms with E-state index in [1.807, 2.05) is 0 Å². The maximum absolute atomic E-state index is 10.3. The summed E-state index contributed by atoms with van der Waals surface area (Å²) in [5, 5.41) is 48.1. The molecule has 1 aromatic heterocycles. The molecule has 3 fully saturated rings. The summed E-state index contributed by atoms with van der Waals surface area (Å²) in [5.74, 6) is 3.57. The second-order valence-corrected chi connectivity index (χ2v) is 27.4. The first-order valence-electron chi connectivity index (χ1n) is 26.9. The summed E-state index contributed by atoms with van der Waals surface area (Å²) in [6, 6.07) is 0. The normalized spacial score (nSPS) is 22.7. The lowest BCUT2D eigenvalue weighted by atomic mass is 9.73. The fraction of sp³-hybridized carbons (Fsp3) is 0.944. The fourth-order valence-corrected chi connectivity index (χ4v) is 12.6. The van der Waals surface area contributed by atoms with Crippen LogP contribution in [-0.4, -0.2) is 135 Å². The summed E-state index contributed by atoms with van der Waals surface area (Å²) in [7, 11) is 0. The third kappa shape index (κ3) is 19.4. The van der Waals surface area contributed by atoms with Crippen molar-refractivity contribution in [2.24, 2.45) is 17.8 Å². The van der Waals surface area contributed by atoms with Gasteiger partial charge in [-0.2, -0.15) is 30.1 Å². The maximum Gasteiger partial charge on any atom is 0.229 e. The Morgan fingerprint density at radius 1 is 0.406 bits per heavy atom. The summed E-state index contributed by atoms with van der Waals surface area (Å²) in [4.78, 5) is 33.3. The van der Waals surface area contributed by atoms with Crippen LogP contribution in [0.4, 0.5) is 17.8 Å². The lowest BCUT2D eigenvalue weighted by molar-refractivity contribution is -0.302. The van der Waals surface area contributed by atoms with Crippen molar-refractivity contribution in [3.05, 3.63) is 0 Å². The number of rotatable bonds is 27. The highest BCUT2D eigenvalue weighted by Gasteiger charge is 2.49. The van der Waals surface area contributed by atoms with Gasteiger partial charge >= 0.3 is 0 Å². The molecule has 402 valence electrons. The molecule has 0 aliphatic carbocycles. The van der Waals surface area contributed by atoms with E-state index in [9.17, 15) is 15.3 Å². The quantitative estimate of drug-likeness (QED) is 0.0460. The minimum absolute atomic E-state index is 0.132. The lowest BCUT2D eigenvalue weighted by Crippen LogP contribution is -2.61. The Morgan fingerprint density at radius 2 is 0.609 bits per heavy atom. The Hall–Kier alpha value is -1.95. The standard InChI is InChI=1S/C54H105N9O6/c1-46(2)31-40(32-47(3,4)61(46)67-37-52(13,14)64)25-19-22-28-55-43-58-44(56-29-23-20-26-41-33-48(5,6)62(49(7,8)34-41)68-38-53(15,16)65)60-45(59-43)57-30-24-21-27-42-35-50(9,10)63(51(11,12)36-42)69-39-54(17,18)66/h40-42,64-66H,19-39H2,1-18H3,(H3,55,56,57,58,59,60). The third-order valence-electron chi connectivity index (χ3n) is 14.3. The van der Waals surface area contributed by atoms with Crippen LogP contribution in [0.3, 0.4) is 0 Å². The number of piperidine rings is 3. The van der Waals surface area contributed by atoms with Gasteiger partial charge in [0.15, 0.2) is 0 Å². The molecule has 0 radical (unpaired) electrons. The molecule has 0 bridgehead atoms. The van der Waals surface area contributed by atoms with Crippen LogP contribution >= 0.6 is 0 Å². The van der Waals surface area contributed by atoms with Gasteiger partial charge in [0.2, 0.25) is 17.8 Å². The van der Waals surface area contributed by atoms with Crippen LogP contribution in [-0.2, 0) is 14.5 Å². The van der Waals surface area contributed by atoms with Crippen molar-refractivity contribution >= 4 is 17.8 Å². The van der Waals surface area contributed by atoms with Crippen molar-refractivity contribution in [2.45, 2.75) is 271 Å². The van der Waals surface area contributed by atoms with Crippen molar-refractivity contribution in [2.75, 3.05) is 55.4 Å². The Labute approximate surface area is 420 Å². The van der Waals surface area contributed by atoms with Crippen molar-refractivity contribution in [1.29, 1.82) is 0 Å². The third-order valence-corrected chi connectivity index (χ3v) is 14.3. The van der Waals surface area contributed by atoms with E-state index >= 15 is 0 Å². The zero-order valence-electron chi connectivity index (χ0n) is 47.3. The Kier molecular flexibility index (Phi) is 20.3. The van der Waals surface area contributed by atoms with E-state index < -0.39 is 16.8 Å². The molecule has 4 heterocycles. The van der Waals surface area contributed by atoms with E-state index in [1.54, 1.807) is 41.5 Å². The van der Waals surface area contributed by atoms with Crippen LogP contribution in [0.5, 0.6) is 0 Å². The van der Waals surface area contributed by atoms with Crippen LogP contribution in [0.2, 0.25) is 0 Å². The summed E-state index contributed by atoms with van der Waals surface area (Å²) < 4.78 is 0. The monoisotopic (exact) mass is 976 g/mol. The van der Waals surface area contributed by atoms with Crippen LogP contribution in [0.1, 0.15) is 221 Å². The minimum atomic E-state index is -0.877. The number of aromatic nitrogens is 3. The predicted octanol–water partition coefficient (Wildman–Crippen LogP) is 10.5. The minimum Gasteiger partial charge on any atom is -0.388 e. The molecular weight excluding hydrogens is 871 g/mol. The highest BCUT2D eigenvalue weighted by molar-refractivity contribution is 5.42. The van der Waals surface area contributed by atoms with Crippen molar-refractivity contribution < 1.29 is 29.8 Å². The molecule has 0 amide bonds. The first kappa shape index (κ1) is 59.6. The molecule has 0 atom stereocenters. The van der Waals surface area contributed by atoms with E-state index in [1.165, 1.54) is 0 Å². The number of unbranched alkanes of at least 4 members (excludes halogenated alkanes) is 3. The number of hydrogen-bond donors (Lipinski definition) is 6. The molecule has 4 rings (SSSR count). The molecule has 3 aliphatic heterocycles. The first-order valence-corrected chi connectivity index (χ1v) is 26.9. The van der Waals surface area contributed by atoms with Gasteiger partial charge in [0.05, 0.1) is 36.6 Å². The van der Waals surface area contributed by atoms with Gasteiger partial charge < -0.3 is 31.3 Å². The summed E-state index contributed by atoms with van der Waals surface area (Å²) in [5.41, 5.74) is -3.42. The predicted molar refractivity (Wildman–Crippen MR) is 282 cm³/mol. The van der Waals surface area contributed by atoms with E-state index in [4.69, 9.17) is 29.5 Å². The fourth-order valence-electron chi connectivity index (χ4n) is 12.6. The molecule has 3 aliphatic rings. The molecule has 0 spiro atoms. The molecule has 69 heavy (non-hydrogen) atoms. The summed E-state index contributed by atoms with van der Waals surface area (Å²) >= 11 is 0. The molecule has 0 unspecified atom stereocenters. The number of aliphatic hydroxyl groups is 3. The van der Waals surface area contributed by atoms with E-state index in [2.05, 4.69) is 114 Å². The van der Waals surface area contributed by atoms with Crippen LogP contribution in [0.25, 0.3) is 0 Å². The van der Waals surface area contributed by atoms with Crippen molar-refractivity contribution in [3.63, 3.8) is 0 Å². The number of hydroxylamine groups is 6. The Bertz CT molecular complexity index is 1460. The number of nitrogens with one attached hydrogen (secondary N) is 3. The molecule has 0 aromatic carbocycles. The van der Waals surface area contributed by atoms with E-state index in [-0.39, 0.29) is 53.1 Å². The smallest absolute Gasteiger partial charge is 0.229 e. The first-order chi connectivity index (χ1) is 31.5. The average molecular weight is 976 g/mol. The number of hydrogen-bond acceptors (Lipinski definition) is 15. The summed E-state index contributed by atoms with van der Waals surface area (Å²) in [6.07, 6.45) is 16.1. The van der Waals surface area contributed by atoms with E-state index in [0.29, 0.717) is 35.6 Å². The van der Waals surface area contributed by atoms with Crippen LogP contribution in [0.15, 0.2) is 0 Å². The second-order valence-electron chi connectivity index (χ2n) is 27.4. The van der Waals surface area contributed by atoms with E-state index in [0.717, 1.165) is 116 Å². The number of anilines is 3. The van der Waals surface area contributed by atoms with Gasteiger partial charge in [-0.3, -0.25) is 14.5 Å². The zero-order chi connectivity index (χ0) is 51.9. The maximum atomic E-state index is 10.3. The lowest BCUT2D eigenvalue weighted by Gasteiger charge is -2.54. The second kappa shape index (κ2) is 23.5. The van der Waals surface area contributed by atoms with Gasteiger partial charge in [0.1, 0.15) is 0 Å². The highest BCUT2D eigenvalue weighted by atomic mass is 16.7. The van der Waals surface area contributed by atoms with Gasteiger partial charge in [-0.25, -0.2) is 0 Å². The van der Waals surface area contributed by atoms with Gasteiger partial charge in [0.25, 0.3) is 0 Å². The van der Waals surface area contributed by atoms with Gasteiger partial charge in [-0.1, -0.05) is 38.5 Å². The largest absolute Gasteiger partial charge is 0.388 e. The highest BCUT2D eigenvalue weighted by Crippen LogP contribution is 2.46. The molecule has 6 N–H and O–H groups in total. The SMILES string of the molecule is CC(C)(O)CON1C(C)(C)CC(CCCCNc2nc(NCCCCC3CC(C)(C)N(OCC(C)(C)O)C(C)(C)C3)nc(NCCCCC3CC(C)(C)N(OCC(C)(C)O)C(C)(C)C3)n2)CC1(C)C. The number of nitrogens with zero attached hydrogens (tertiary/aromatic N) is 6. The van der Waals surface area contributed by atoms with Crippen molar-refractivity contribution in [3.8, 4) is 0 Å². The molecule has 0 saturated carbocycles. The average Bonchev–Trinajstić information content (AvgIpc) is 3.13. The zero-order valence-corrected chi connectivity index (χ0v) is 47.3. The Morgan fingerprint density at radius 3 is 0.797 bits per heavy atom.